The first-order chi connectivity index (χ1) is 15.1. The van der Waals surface area contributed by atoms with Crippen molar-refractivity contribution >= 4 is 23.4 Å². The van der Waals surface area contributed by atoms with Crippen molar-refractivity contribution in [1.82, 2.24) is 14.8 Å². The molecule has 1 N–H and O–H groups in total. The summed E-state index contributed by atoms with van der Waals surface area (Å²) >= 11 is 1.29. The van der Waals surface area contributed by atoms with Crippen molar-refractivity contribution in [2.24, 2.45) is 0 Å². The number of para-hydroxylation sites is 1. The summed E-state index contributed by atoms with van der Waals surface area (Å²) in [5.74, 6) is 0.340. The van der Waals surface area contributed by atoms with E-state index in [-0.39, 0.29) is 17.5 Å². The van der Waals surface area contributed by atoms with E-state index in [0.29, 0.717) is 22.8 Å². The first kappa shape index (κ1) is 20.8. The van der Waals surface area contributed by atoms with E-state index in [4.69, 9.17) is 0 Å². The number of aromatic nitrogens is 3. The minimum absolute atomic E-state index is 0.131. The van der Waals surface area contributed by atoms with Crippen molar-refractivity contribution in [2.45, 2.75) is 18.5 Å². The van der Waals surface area contributed by atoms with Gasteiger partial charge in [0, 0.05) is 17.8 Å². The van der Waals surface area contributed by atoms with Crippen molar-refractivity contribution in [3.05, 3.63) is 102 Å². The third-order valence-corrected chi connectivity index (χ3v) is 5.64. The Kier molecular flexibility index (Phi) is 6.43. The Labute approximate surface area is 184 Å². The van der Waals surface area contributed by atoms with Crippen LogP contribution >= 0.6 is 11.8 Å². The average molecular weight is 433 g/mol. The van der Waals surface area contributed by atoms with Crippen LogP contribution in [0, 0.1) is 12.7 Å². The number of carbonyl (C=O) groups is 1. The number of hydrogen-bond acceptors (Lipinski definition) is 4. The van der Waals surface area contributed by atoms with Crippen molar-refractivity contribution in [3.8, 4) is 5.69 Å². The molecule has 0 saturated heterocycles. The molecule has 1 heterocycles. The summed E-state index contributed by atoms with van der Waals surface area (Å²) in [5, 5.41) is 12.1. The van der Waals surface area contributed by atoms with E-state index in [9.17, 15) is 9.18 Å². The summed E-state index contributed by atoms with van der Waals surface area (Å²) in [6.45, 7) is 1.68. The second-order valence-electron chi connectivity index (χ2n) is 7.03. The Morgan fingerprint density at radius 2 is 1.71 bits per heavy atom. The maximum atomic E-state index is 13.7. The van der Waals surface area contributed by atoms with Gasteiger partial charge in [0.1, 0.15) is 11.6 Å². The van der Waals surface area contributed by atoms with Crippen LogP contribution in [-0.2, 0) is 11.2 Å². The molecule has 156 valence electrons. The average Bonchev–Trinajstić information content (AvgIpc) is 3.18. The highest BCUT2D eigenvalue weighted by Crippen LogP contribution is 2.24. The number of rotatable bonds is 7. The highest BCUT2D eigenvalue weighted by Gasteiger charge is 2.16. The third kappa shape index (κ3) is 5.19. The Bertz CT molecular complexity index is 1180. The second kappa shape index (κ2) is 9.57. The fourth-order valence-corrected chi connectivity index (χ4v) is 3.89. The smallest absolute Gasteiger partial charge is 0.234 e. The molecule has 0 fully saturated rings. The van der Waals surface area contributed by atoms with Crippen LogP contribution in [0.2, 0.25) is 0 Å². The number of halogens is 1. The van der Waals surface area contributed by atoms with Crippen molar-refractivity contribution in [2.75, 3.05) is 11.1 Å². The molecule has 1 amide bonds. The van der Waals surface area contributed by atoms with E-state index < -0.39 is 0 Å². The summed E-state index contributed by atoms with van der Waals surface area (Å²) in [7, 11) is 0. The fraction of sp³-hybridized carbons (Fsp3) is 0.125. The second-order valence-corrected chi connectivity index (χ2v) is 7.98. The van der Waals surface area contributed by atoms with Gasteiger partial charge in [-0.15, -0.1) is 10.2 Å². The van der Waals surface area contributed by atoms with E-state index in [0.717, 1.165) is 17.1 Å². The monoisotopic (exact) mass is 432 g/mol. The molecular weight excluding hydrogens is 411 g/mol. The van der Waals surface area contributed by atoms with Gasteiger partial charge >= 0.3 is 0 Å². The van der Waals surface area contributed by atoms with E-state index in [1.807, 2.05) is 65.2 Å². The molecule has 7 heteroatoms. The van der Waals surface area contributed by atoms with Crippen LogP contribution in [-0.4, -0.2) is 26.4 Å². The van der Waals surface area contributed by atoms with Crippen molar-refractivity contribution < 1.29 is 9.18 Å². The quantitative estimate of drug-likeness (QED) is 0.416. The van der Waals surface area contributed by atoms with Gasteiger partial charge < -0.3 is 5.32 Å². The van der Waals surface area contributed by atoms with Crippen molar-refractivity contribution in [3.63, 3.8) is 0 Å². The Hall–Kier alpha value is -3.45. The molecule has 0 radical (unpaired) electrons. The molecule has 0 unspecified atom stereocenters. The number of aryl methyl sites for hydroxylation is 1. The molecule has 0 bridgehead atoms. The fourth-order valence-electron chi connectivity index (χ4n) is 3.12. The Morgan fingerprint density at radius 3 is 2.42 bits per heavy atom. The molecule has 0 aliphatic heterocycles. The normalized spacial score (nSPS) is 10.8. The lowest BCUT2D eigenvalue weighted by atomic mass is 10.1. The lowest BCUT2D eigenvalue weighted by Crippen LogP contribution is -2.15. The third-order valence-electron chi connectivity index (χ3n) is 4.71. The number of thioether (sulfide) groups is 1. The molecule has 0 aliphatic rings. The molecular formula is C24H21FN4OS. The van der Waals surface area contributed by atoms with Gasteiger partial charge in [-0.05, 0) is 42.3 Å². The lowest BCUT2D eigenvalue weighted by molar-refractivity contribution is -0.113. The predicted octanol–water partition coefficient (Wildman–Crippen LogP) is 5.04. The largest absolute Gasteiger partial charge is 0.325 e. The number of nitrogens with zero attached hydrogens (tertiary/aromatic N) is 3. The molecule has 0 atom stereocenters. The summed E-state index contributed by atoms with van der Waals surface area (Å²) in [6.07, 6.45) is 0.623. The van der Waals surface area contributed by atoms with Crippen LogP contribution < -0.4 is 5.32 Å². The van der Waals surface area contributed by atoms with E-state index in [1.165, 1.54) is 17.8 Å². The molecule has 1 aromatic heterocycles. The summed E-state index contributed by atoms with van der Waals surface area (Å²) in [4.78, 5) is 12.4. The first-order valence-electron chi connectivity index (χ1n) is 9.82. The van der Waals surface area contributed by atoms with Crippen LogP contribution in [0.3, 0.4) is 0 Å². The van der Waals surface area contributed by atoms with E-state index >= 15 is 0 Å². The van der Waals surface area contributed by atoms with Gasteiger partial charge in [0.2, 0.25) is 5.91 Å². The zero-order valence-electron chi connectivity index (χ0n) is 17.0. The van der Waals surface area contributed by atoms with Gasteiger partial charge in [0.25, 0.3) is 0 Å². The standard InChI is InChI=1S/C24H21FN4OS/c1-17-12-13-19(15-21(17)25)26-23(30)16-31-24-28-27-22(14-18-8-4-2-5-9-18)29(24)20-10-6-3-7-11-20/h2-13,15H,14,16H2,1H3,(H,26,30). The van der Waals surface area contributed by atoms with Crippen LogP contribution in [0.4, 0.5) is 10.1 Å². The number of nitrogens with one attached hydrogen (secondary N) is 1. The van der Waals surface area contributed by atoms with E-state index in [1.54, 1.807) is 19.1 Å². The summed E-state index contributed by atoms with van der Waals surface area (Å²) < 4.78 is 15.7. The molecule has 4 aromatic rings. The number of hydrogen-bond donors (Lipinski definition) is 1. The summed E-state index contributed by atoms with van der Waals surface area (Å²) in [6, 6.07) is 24.5. The predicted molar refractivity (Wildman–Crippen MR) is 121 cm³/mol. The maximum absolute atomic E-state index is 13.7. The molecule has 4 rings (SSSR count). The van der Waals surface area contributed by atoms with Crippen LogP contribution in [0.5, 0.6) is 0 Å². The maximum Gasteiger partial charge on any atom is 0.234 e. The minimum atomic E-state index is -0.347. The molecule has 0 aliphatic carbocycles. The molecule has 3 aromatic carbocycles. The first-order valence-corrected chi connectivity index (χ1v) is 10.8. The van der Waals surface area contributed by atoms with E-state index in [2.05, 4.69) is 15.5 Å². The number of carbonyl (C=O) groups excluding carboxylic acids is 1. The van der Waals surface area contributed by atoms with Gasteiger partial charge in [-0.3, -0.25) is 9.36 Å². The van der Waals surface area contributed by atoms with Gasteiger partial charge in [0.05, 0.1) is 5.75 Å². The highest BCUT2D eigenvalue weighted by atomic mass is 32.2. The number of anilines is 1. The molecule has 0 spiro atoms. The lowest BCUT2D eigenvalue weighted by Gasteiger charge is -2.10. The zero-order valence-corrected chi connectivity index (χ0v) is 17.8. The number of amides is 1. The van der Waals surface area contributed by atoms with Gasteiger partial charge in [-0.1, -0.05) is 66.4 Å². The Morgan fingerprint density at radius 1 is 1.00 bits per heavy atom. The summed E-state index contributed by atoms with van der Waals surface area (Å²) in [5.41, 5.74) is 3.03. The van der Waals surface area contributed by atoms with Gasteiger partial charge in [0.15, 0.2) is 5.16 Å². The molecule has 5 nitrogen and oxygen atoms in total. The zero-order chi connectivity index (χ0) is 21.6. The Balaban J connectivity index is 1.52. The SMILES string of the molecule is Cc1ccc(NC(=O)CSc2nnc(Cc3ccccc3)n2-c2ccccc2)cc1F. The number of benzene rings is 3. The highest BCUT2D eigenvalue weighted by molar-refractivity contribution is 7.99. The van der Waals surface area contributed by atoms with Gasteiger partial charge in [-0.2, -0.15) is 0 Å². The van der Waals surface area contributed by atoms with Crippen LogP contribution in [0.1, 0.15) is 17.0 Å². The molecule has 0 saturated carbocycles. The van der Waals surface area contributed by atoms with Crippen LogP contribution in [0.25, 0.3) is 5.69 Å². The van der Waals surface area contributed by atoms with Crippen LogP contribution in [0.15, 0.2) is 84.0 Å². The van der Waals surface area contributed by atoms with Gasteiger partial charge in [-0.25, -0.2) is 4.39 Å². The topological polar surface area (TPSA) is 59.8 Å². The molecule has 31 heavy (non-hydrogen) atoms. The van der Waals surface area contributed by atoms with Crippen molar-refractivity contribution in [1.29, 1.82) is 0 Å². The minimum Gasteiger partial charge on any atom is -0.325 e.